The topological polar surface area (TPSA) is 58.2 Å². The summed E-state index contributed by atoms with van der Waals surface area (Å²) in [5.74, 6) is 0.864. The molecule has 128 valence electrons. The lowest BCUT2D eigenvalue weighted by atomic mass is 10.1. The Bertz CT molecular complexity index is 532. The highest BCUT2D eigenvalue weighted by molar-refractivity contribution is 7.98. The number of hydrogen-bond donors (Lipinski definition) is 2. The molecule has 0 aliphatic rings. The van der Waals surface area contributed by atoms with Gasteiger partial charge in [-0.2, -0.15) is 11.8 Å². The molecule has 0 saturated heterocycles. The highest BCUT2D eigenvalue weighted by Gasteiger charge is 2.23. The molecule has 1 rings (SSSR count). The van der Waals surface area contributed by atoms with Crippen LogP contribution in [0.4, 0.5) is 0 Å². The van der Waals surface area contributed by atoms with Crippen molar-refractivity contribution < 1.29 is 9.59 Å². The summed E-state index contributed by atoms with van der Waals surface area (Å²) in [6.45, 7) is 8.05. The summed E-state index contributed by atoms with van der Waals surface area (Å²) in [4.78, 5) is 24.9. The summed E-state index contributed by atoms with van der Waals surface area (Å²) < 4.78 is 0. The lowest BCUT2D eigenvalue weighted by molar-refractivity contribution is -0.123. The second-order valence-electron chi connectivity index (χ2n) is 6.22. The Labute approximate surface area is 143 Å². The van der Waals surface area contributed by atoms with Gasteiger partial charge in [0.15, 0.2) is 0 Å². The van der Waals surface area contributed by atoms with E-state index in [9.17, 15) is 9.59 Å². The Balaban J connectivity index is 2.77. The number of carbonyl (C=O) groups is 2. The molecular weight excluding hydrogens is 308 g/mol. The number of amides is 2. The molecule has 1 aromatic rings. The van der Waals surface area contributed by atoms with Crippen LogP contribution in [0.5, 0.6) is 0 Å². The van der Waals surface area contributed by atoms with E-state index in [1.807, 2.05) is 38.3 Å². The molecule has 0 saturated carbocycles. The predicted molar refractivity (Wildman–Crippen MR) is 97.9 cm³/mol. The zero-order valence-electron chi connectivity index (χ0n) is 14.7. The minimum Gasteiger partial charge on any atom is -0.352 e. The second kappa shape index (κ2) is 9.60. The molecule has 0 spiro atoms. The largest absolute Gasteiger partial charge is 0.352 e. The van der Waals surface area contributed by atoms with Crippen molar-refractivity contribution in [3.05, 3.63) is 35.4 Å². The first-order valence-electron chi connectivity index (χ1n) is 8.02. The van der Waals surface area contributed by atoms with Crippen molar-refractivity contribution in [1.82, 2.24) is 10.6 Å². The third-order valence-electron chi connectivity index (χ3n) is 3.88. The fraction of sp³-hybridized carbons (Fsp3) is 0.556. The van der Waals surface area contributed by atoms with Crippen LogP contribution in [0.1, 0.15) is 43.1 Å². The van der Waals surface area contributed by atoms with E-state index in [1.165, 1.54) is 0 Å². The smallest absolute Gasteiger partial charge is 0.251 e. The Morgan fingerprint density at radius 3 is 2.43 bits per heavy atom. The van der Waals surface area contributed by atoms with Crippen molar-refractivity contribution >= 4 is 23.6 Å². The van der Waals surface area contributed by atoms with Gasteiger partial charge in [0.25, 0.3) is 5.91 Å². The highest BCUT2D eigenvalue weighted by Crippen LogP contribution is 2.08. The van der Waals surface area contributed by atoms with E-state index in [4.69, 9.17) is 0 Å². The Hall–Kier alpha value is -1.49. The van der Waals surface area contributed by atoms with Gasteiger partial charge in [-0.3, -0.25) is 9.59 Å². The number of rotatable bonds is 8. The van der Waals surface area contributed by atoms with Gasteiger partial charge in [0.05, 0.1) is 0 Å². The van der Waals surface area contributed by atoms with Crippen LogP contribution in [-0.2, 0) is 4.79 Å². The van der Waals surface area contributed by atoms with Gasteiger partial charge in [-0.25, -0.2) is 0 Å². The summed E-state index contributed by atoms with van der Waals surface area (Å²) in [6.07, 6.45) is 2.61. The second-order valence-corrected chi connectivity index (χ2v) is 7.20. The summed E-state index contributed by atoms with van der Waals surface area (Å²) in [6, 6.07) is 6.96. The van der Waals surface area contributed by atoms with E-state index in [-0.39, 0.29) is 17.9 Å². The maximum Gasteiger partial charge on any atom is 0.251 e. The van der Waals surface area contributed by atoms with Gasteiger partial charge in [-0.15, -0.1) is 0 Å². The Morgan fingerprint density at radius 2 is 1.87 bits per heavy atom. The van der Waals surface area contributed by atoms with E-state index < -0.39 is 6.04 Å². The average Bonchev–Trinajstić information content (AvgIpc) is 2.50. The molecule has 0 aliphatic heterocycles. The number of thioether (sulfide) groups is 1. The molecule has 2 atom stereocenters. The quantitative estimate of drug-likeness (QED) is 0.767. The molecule has 1 aromatic carbocycles. The highest BCUT2D eigenvalue weighted by atomic mass is 32.2. The van der Waals surface area contributed by atoms with Crippen molar-refractivity contribution in [3.8, 4) is 0 Å². The van der Waals surface area contributed by atoms with Gasteiger partial charge in [0.2, 0.25) is 5.91 Å². The minimum atomic E-state index is -0.503. The van der Waals surface area contributed by atoms with Crippen molar-refractivity contribution in [2.75, 3.05) is 12.0 Å². The summed E-state index contributed by atoms with van der Waals surface area (Å²) in [7, 11) is 0. The molecule has 0 aliphatic carbocycles. The number of benzene rings is 1. The van der Waals surface area contributed by atoms with Gasteiger partial charge in [-0.1, -0.05) is 31.5 Å². The number of aryl methyl sites for hydroxylation is 1. The molecule has 0 fully saturated rings. The molecule has 0 bridgehead atoms. The molecule has 2 N–H and O–H groups in total. The third-order valence-corrected chi connectivity index (χ3v) is 4.53. The standard InChI is InChI=1S/C18H28N2O2S/c1-12(2)14(4)19-18(22)16(9-10-23-5)20-17(21)15-8-6-7-13(3)11-15/h6-8,11-12,14,16H,9-10H2,1-5H3,(H,19,22)(H,20,21). The van der Waals surface area contributed by atoms with Crippen LogP contribution in [0, 0.1) is 12.8 Å². The number of hydrogen-bond acceptors (Lipinski definition) is 3. The van der Waals surface area contributed by atoms with E-state index in [2.05, 4.69) is 24.5 Å². The minimum absolute atomic E-state index is 0.0788. The summed E-state index contributed by atoms with van der Waals surface area (Å²) in [5.41, 5.74) is 1.61. The van der Waals surface area contributed by atoms with Crippen molar-refractivity contribution in [3.63, 3.8) is 0 Å². The normalized spacial score (nSPS) is 13.5. The van der Waals surface area contributed by atoms with Gasteiger partial charge in [-0.05, 0) is 50.3 Å². The number of carbonyl (C=O) groups excluding carboxylic acids is 2. The maximum atomic E-state index is 12.5. The van der Waals surface area contributed by atoms with Crippen LogP contribution in [0.25, 0.3) is 0 Å². The van der Waals surface area contributed by atoms with E-state index in [1.54, 1.807) is 17.8 Å². The van der Waals surface area contributed by atoms with Crippen LogP contribution in [0.15, 0.2) is 24.3 Å². The molecule has 2 amide bonds. The number of nitrogens with one attached hydrogen (secondary N) is 2. The molecule has 2 unspecified atom stereocenters. The van der Waals surface area contributed by atoms with Crippen LogP contribution in [-0.4, -0.2) is 35.9 Å². The molecular formula is C18H28N2O2S. The first-order valence-corrected chi connectivity index (χ1v) is 9.41. The van der Waals surface area contributed by atoms with Gasteiger partial charge in [0.1, 0.15) is 6.04 Å². The Kier molecular flexibility index (Phi) is 8.17. The van der Waals surface area contributed by atoms with Gasteiger partial charge < -0.3 is 10.6 Å². The average molecular weight is 337 g/mol. The fourth-order valence-electron chi connectivity index (χ4n) is 2.02. The lowest BCUT2D eigenvalue weighted by Crippen LogP contribution is -2.50. The molecule has 0 heterocycles. The van der Waals surface area contributed by atoms with Crippen molar-refractivity contribution in [2.45, 2.75) is 46.2 Å². The van der Waals surface area contributed by atoms with Crippen molar-refractivity contribution in [1.29, 1.82) is 0 Å². The molecule has 4 nitrogen and oxygen atoms in total. The van der Waals surface area contributed by atoms with E-state index in [0.717, 1.165) is 11.3 Å². The SMILES string of the molecule is CSCCC(NC(=O)c1cccc(C)c1)C(=O)NC(C)C(C)C. The monoisotopic (exact) mass is 336 g/mol. The summed E-state index contributed by atoms with van der Waals surface area (Å²) in [5, 5.41) is 5.87. The maximum absolute atomic E-state index is 12.5. The molecule has 0 radical (unpaired) electrons. The van der Waals surface area contributed by atoms with Crippen LogP contribution >= 0.6 is 11.8 Å². The van der Waals surface area contributed by atoms with Crippen LogP contribution < -0.4 is 10.6 Å². The zero-order valence-corrected chi connectivity index (χ0v) is 15.5. The lowest BCUT2D eigenvalue weighted by Gasteiger charge is -2.23. The van der Waals surface area contributed by atoms with Crippen molar-refractivity contribution in [2.24, 2.45) is 5.92 Å². The van der Waals surface area contributed by atoms with Crippen LogP contribution in [0.3, 0.4) is 0 Å². The zero-order chi connectivity index (χ0) is 17.4. The first kappa shape index (κ1) is 19.6. The molecule has 23 heavy (non-hydrogen) atoms. The van der Waals surface area contributed by atoms with E-state index >= 15 is 0 Å². The summed E-state index contributed by atoms with van der Waals surface area (Å²) >= 11 is 1.67. The van der Waals surface area contributed by atoms with Gasteiger partial charge >= 0.3 is 0 Å². The fourth-order valence-corrected chi connectivity index (χ4v) is 2.50. The Morgan fingerprint density at radius 1 is 1.17 bits per heavy atom. The predicted octanol–water partition coefficient (Wildman–Crippen LogP) is 3.01. The van der Waals surface area contributed by atoms with Gasteiger partial charge in [0, 0.05) is 11.6 Å². The molecule has 5 heteroatoms. The van der Waals surface area contributed by atoms with E-state index in [0.29, 0.717) is 17.9 Å². The third kappa shape index (κ3) is 6.65. The first-order chi connectivity index (χ1) is 10.8. The van der Waals surface area contributed by atoms with Crippen LogP contribution in [0.2, 0.25) is 0 Å². The molecule has 0 aromatic heterocycles.